The van der Waals surface area contributed by atoms with Gasteiger partial charge in [0.15, 0.2) is 0 Å². The van der Waals surface area contributed by atoms with Crippen LogP contribution < -0.4 is 0 Å². The van der Waals surface area contributed by atoms with Crippen molar-refractivity contribution in [2.75, 3.05) is 0 Å². The van der Waals surface area contributed by atoms with Crippen LogP contribution in [-0.4, -0.2) is 14.9 Å². The molecule has 0 aromatic heterocycles. The molecule has 4 nitrogen and oxygen atoms in total. The van der Waals surface area contributed by atoms with Gasteiger partial charge in [-0.05, 0) is 16.4 Å². The summed E-state index contributed by atoms with van der Waals surface area (Å²) in [7, 11) is -4.20. The molecule has 5 heteroatoms. The number of hydrogen-bond acceptors (Lipinski definition) is 2. The van der Waals surface area contributed by atoms with Crippen molar-refractivity contribution in [3.63, 3.8) is 0 Å². The molecule has 0 aliphatic heterocycles. The van der Waals surface area contributed by atoms with Gasteiger partial charge in [-0.2, -0.15) is 0 Å². The largest absolute Gasteiger partial charge is 0.507 e. The van der Waals surface area contributed by atoms with Gasteiger partial charge in [-0.1, -0.05) is 53.7 Å². The highest BCUT2D eigenvalue weighted by Crippen LogP contribution is 2.46. The number of aromatic hydroxyl groups is 1. The van der Waals surface area contributed by atoms with Crippen molar-refractivity contribution in [1.29, 1.82) is 0 Å². The van der Waals surface area contributed by atoms with E-state index < -0.39 is 13.8 Å². The second-order valence-electron chi connectivity index (χ2n) is 7.32. The zero-order chi connectivity index (χ0) is 15.9. The topological polar surface area (TPSA) is 77.8 Å². The molecule has 1 rings (SSSR count). The number of rotatable bonds is 2. The highest BCUT2D eigenvalue weighted by Gasteiger charge is 2.30. The van der Waals surface area contributed by atoms with Crippen LogP contribution in [0.3, 0.4) is 0 Å². The smallest absolute Gasteiger partial charge is 0.330 e. The van der Waals surface area contributed by atoms with Crippen LogP contribution >= 0.6 is 7.60 Å². The molecule has 0 fully saturated rings. The van der Waals surface area contributed by atoms with Gasteiger partial charge >= 0.3 is 7.60 Å². The Hall–Kier alpha value is -0.830. The fourth-order valence-corrected chi connectivity index (χ4v) is 3.07. The lowest BCUT2D eigenvalue weighted by Gasteiger charge is -2.31. The highest BCUT2D eigenvalue weighted by atomic mass is 31.2. The fourth-order valence-electron chi connectivity index (χ4n) is 2.37. The summed E-state index contributed by atoms with van der Waals surface area (Å²) in [5, 5.41) is 10.5. The molecule has 0 spiro atoms. The van der Waals surface area contributed by atoms with Crippen molar-refractivity contribution in [3.05, 3.63) is 28.8 Å². The van der Waals surface area contributed by atoms with Gasteiger partial charge < -0.3 is 14.9 Å². The number of hydrogen-bond donors (Lipinski definition) is 3. The first-order chi connectivity index (χ1) is 8.73. The van der Waals surface area contributed by atoms with E-state index in [1.165, 1.54) is 0 Å². The lowest BCUT2D eigenvalue weighted by molar-refractivity contribution is 0.369. The van der Waals surface area contributed by atoms with Gasteiger partial charge in [-0.25, -0.2) is 0 Å². The summed E-state index contributed by atoms with van der Waals surface area (Å²) in [6.45, 7) is 12.1. The molecule has 1 aromatic carbocycles. The lowest BCUT2D eigenvalue weighted by Crippen LogP contribution is -2.22. The summed E-state index contributed by atoms with van der Waals surface area (Å²) < 4.78 is 11.2. The van der Waals surface area contributed by atoms with E-state index in [4.69, 9.17) is 9.79 Å². The molecule has 1 aromatic rings. The Morgan fingerprint density at radius 1 is 1.00 bits per heavy atom. The summed E-state index contributed by atoms with van der Waals surface area (Å²) >= 11 is 0. The number of benzene rings is 1. The zero-order valence-electron chi connectivity index (χ0n) is 13.1. The van der Waals surface area contributed by atoms with Crippen LogP contribution in [0.25, 0.3) is 0 Å². The van der Waals surface area contributed by atoms with Crippen LogP contribution in [0.1, 0.15) is 58.2 Å². The maximum Gasteiger partial charge on any atom is 0.330 e. The molecule has 0 saturated carbocycles. The third-order valence-electron chi connectivity index (χ3n) is 3.20. The maximum absolute atomic E-state index is 11.2. The van der Waals surface area contributed by atoms with Crippen molar-refractivity contribution < 1.29 is 19.5 Å². The molecule has 0 heterocycles. The van der Waals surface area contributed by atoms with Crippen LogP contribution in [-0.2, 0) is 21.6 Å². The Kier molecular flexibility index (Phi) is 4.46. The van der Waals surface area contributed by atoms with E-state index in [-0.39, 0.29) is 16.6 Å². The molecule has 0 aliphatic rings. The predicted molar refractivity (Wildman–Crippen MR) is 81.3 cm³/mol. The van der Waals surface area contributed by atoms with Crippen LogP contribution in [0.4, 0.5) is 0 Å². The Labute approximate surface area is 121 Å². The fraction of sp³-hybridized carbons (Fsp3) is 0.600. The molecule has 3 N–H and O–H groups in total. The van der Waals surface area contributed by atoms with Crippen LogP contribution in [0.2, 0.25) is 0 Å². The van der Waals surface area contributed by atoms with Gasteiger partial charge in [0.1, 0.15) is 5.75 Å². The first-order valence-electron chi connectivity index (χ1n) is 6.64. The minimum Gasteiger partial charge on any atom is -0.507 e. The van der Waals surface area contributed by atoms with E-state index in [9.17, 15) is 9.67 Å². The summed E-state index contributed by atoms with van der Waals surface area (Å²) in [5.41, 5.74) is 1.60. The number of phenols is 1. The van der Waals surface area contributed by atoms with E-state index >= 15 is 0 Å². The molecule has 0 amide bonds. The summed E-state index contributed by atoms with van der Waals surface area (Å²) in [6, 6.07) is 3.48. The molecular weight excluding hydrogens is 275 g/mol. The quantitative estimate of drug-likeness (QED) is 0.728. The Bertz CT molecular complexity index is 544. The van der Waals surface area contributed by atoms with Crippen LogP contribution in [0, 0.1) is 0 Å². The average molecular weight is 300 g/mol. The predicted octanol–water partition coefficient (Wildman–Crippen LogP) is 3.66. The Morgan fingerprint density at radius 2 is 1.50 bits per heavy atom. The van der Waals surface area contributed by atoms with Gasteiger partial charge in [0.25, 0.3) is 0 Å². The minimum atomic E-state index is -4.20. The van der Waals surface area contributed by atoms with Crippen molar-refractivity contribution >= 4 is 7.60 Å². The van der Waals surface area contributed by atoms with E-state index in [1.807, 2.05) is 26.8 Å². The summed E-state index contributed by atoms with van der Waals surface area (Å²) in [5.74, 6) is 0.00764. The van der Waals surface area contributed by atoms with Gasteiger partial charge in [0.05, 0.1) is 6.16 Å². The molecule has 0 saturated heterocycles. The maximum atomic E-state index is 11.2. The second kappa shape index (κ2) is 5.18. The van der Waals surface area contributed by atoms with Crippen LogP contribution in [0.15, 0.2) is 12.1 Å². The van der Waals surface area contributed by atoms with E-state index in [1.54, 1.807) is 6.07 Å². The highest BCUT2D eigenvalue weighted by molar-refractivity contribution is 7.50. The normalized spacial score (nSPS) is 13.6. The minimum absolute atomic E-state index is 0.00764. The summed E-state index contributed by atoms with van der Waals surface area (Å²) in [6.07, 6.45) is -0.438. The van der Waals surface area contributed by atoms with E-state index in [0.29, 0.717) is 5.56 Å². The van der Waals surface area contributed by atoms with E-state index in [2.05, 4.69) is 20.8 Å². The molecule has 0 radical (unpaired) electrons. The molecule has 20 heavy (non-hydrogen) atoms. The monoisotopic (exact) mass is 300 g/mol. The van der Waals surface area contributed by atoms with Crippen LogP contribution in [0.5, 0.6) is 5.75 Å². The van der Waals surface area contributed by atoms with E-state index in [0.717, 1.165) is 11.1 Å². The Balaban J connectivity index is 3.56. The third-order valence-corrected chi connectivity index (χ3v) is 3.95. The van der Waals surface area contributed by atoms with Gasteiger partial charge in [-0.15, -0.1) is 0 Å². The number of phenolic OH excluding ortho intramolecular Hbond substituents is 1. The standard InChI is InChI=1S/C15H25O4P/c1-14(2,3)11-8-7-10(9-20(17,18)19)13(16)12(11)15(4,5)6/h7-8,16H,9H2,1-6H3,(H2,17,18,19). The molecular formula is C15H25O4P. The van der Waals surface area contributed by atoms with Crippen molar-refractivity contribution in [1.82, 2.24) is 0 Å². The Morgan fingerprint density at radius 3 is 1.85 bits per heavy atom. The first kappa shape index (κ1) is 17.2. The zero-order valence-corrected chi connectivity index (χ0v) is 14.0. The first-order valence-corrected chi connectivity index (χ1v) is 8.43. The molecule has 0 unspecified atom stereocenters. The molecule has 0 aliphatic carbocycles. The van der Waals surface area contributed by atoms with Gasteiger partial charge in [0.2, 0.25) is 0 Å². The molecule has 114 valence electrons. The second-order valence-corrected chi connectivity index (χ2v) is 8.96. The molecule has 0 atom stereocenters. The third kappa shape index (κ3) is 4.08. The summed E-state index contributed by atoms with van der Waals surface area (Å²) in [4.78, 5) is 18.2. The average Bonchev–Trinajstić information content (AvgIpc) is 2.15. The lowest BCUT2D eigenvalue weighted by atomic mass is 9.74. The van der Waals surface area contributed by atoms with Gasteiger partial charge in [-0.3, -0.25) is 4.57 Å². The van der Waals surface area contributed by atoms with Gasteiger partial charge in [0, 0.05) is 11.1 Å². The SMILES string of the molecule is CC(C)(C)c1ccc(CP(=O)(O)O)c(O)c1C(C)(C)C. The molecule has 0 bridgehead atoms. The van der Waals surface area contributed by atoms with Crippen molar-refractivity contribution in [2.45, 2.75) is 58.5 Å². The van der Waals surface area contributed by atoms with Crippen molar-refractivity contribution in [2.24, 2.45) is 0 Å². The van der Waals surface area contributed by atoms with Crippen molar-refractivity contribution in [3.8, 4) is 5.75 Å².